The molecule has 0 saturated heterocycles. The van der Waals surface area contributed by atoms with E-state index in [1.54, 1.807) is 0 Å². The van der Waals surface area contributed by atoms with E-state index in [4.69, 9.17) is 23.2 Å². The second-order valence-corrected chi connectivity index (χ2v) is 2.08. The lowest BCUT2D eigenvalue weighted by molar-refractivity contribution is 0.539. The van der Waals surface area contributed by atoms with Gasteiger partial charge in [0.05, 0.1) is 11.3 Å². The van der Waals surface area contributed by atoms with Gasteiger partial charge in [0, 0.05) is 0 Å². The Morgan fingerprint density at radius 3 is 2.14 bits per heavy atom. The van der Waals surface area contributed by atoms with Gasteiger partial charge < -0.3 is 4.55 Å². The molecule has 0 bridgehead atoms. The molecule has 7 heavy (non-hydrogen) atoms. The zero-order valence-electron chi connectivity index (χ0n) is 2.93. The summed E-state index contributed by atoms with van der Waals surface area (Å²) < 4.78 is 21.0. The van der Waals surface area contributed by atoms with Crippen LogP contribution in [0.1, 0.15) is 0 Å². The first-order valence-corrected chi connectivity index (χ1v) is 2.91. The highest BCUT2D eigenvalue weighted by Gasteiger charge is 1.79. The average Bonchev–Trinajstić information content (AvgIpc) is 1.27. The molecule has 0 amide bonds. The second kappa shape index (κ2) is 3.37. The molecule has 0 saturated carbocycles. The third-order valence-electron chi connectivity index (χ3n) is 0.144. The van der Waals surface area contributed by atoms with Crippen LogP contribution >= 0.6 is 23.2 Å². The molecule has 6 heteroatoms. The fourth-order valence-corrected chi connectivity index (χ4v) is 0.507. The van der Waals surface area contributed by atoms with Crippen molar-refractivity contribution in [2.24, 2.45) is 4.40 Å². The fraction of sp³-hybridized carbons (Fsp3) is 0. The molecule has 1 atom stereocenters. The van der Waals surface area contributed by atoms with Crippen LogP contribution < -0.4 is 0 Å². The van der Waals surface area contributed by atoms with Crippen LogP contribution in [0, 0.1) is 0 Å². The largest absolute Gasteiger partial charge is 0.754 e. The minimum atomic E-state index is -2.52. The SMILES string of the molecule is O=S([O-])N=C(Cl)Cl. The monoisotopic (exact) mass is 160 g/mol. The van der Waals surface area contributed by atoms with Gasteiger partial charge in [-0.15, -0.1) is 0 Å². The van der Waals surface area contributed by atoms with E-state index in [-0.39, 0.29) is 0 Å². The lowest BCUT2D eigenvalue weighted by atomic mass is 11.7. The van der Waals surface area contributed by atoms with E-state index < -0.39 is 15.9 Å². The Balaban J connectivity index is 3.68. The molecule has 0 radical (unpaired) electrons. The summed E-state index contributed by atoms with van der Waals surface area (Å²) in [5.41, 5.74) is 0. The quantitative estimate of drug-likeness (QED) is 0.418. The van der Waals surface area contributed by atoms with Gasteiger partial charge in [0.25, 0.3) is 0 Å². The molecule has 1 unspecified atom stereocenters. The van der Waals surface area contributed by atoms with E-state index in [0.717, 1.165) is 0 Å². The van der Waals surface area contributed by atoms with Crippen LogP contribution in [0.2, 0.25) is 0 Å². The molecule has 0 aliphatic rings. The molecule has 0 aromatic carbocycles. The molecule has 0 aromatic rings. The maximum Gasteiger partial charge on any atom is 0.205 e. The number of halogens is 2. The standard InChI is InChI=1S/CHCl2NO2S/c2-1(3)4-7(5)6/h(H,5,6)/p-1. The Hall–Kier alpha value is 0.360. The summed E-state index contributed by atoms with van der Waals surface area (Å²) >= 11 is 7.07. The van der Waals surface area contributed by atoms with E-state index in [2.05, 4.69) is 4.40 Å². The highest BCUT2D eigenvalue weighted by atomic mass is 35.5. The summed E-state index contributed by atoms with van der Waals surface area (Å²) in [5, 5.41) is 0. The molecule has 0 aliphatic carbocycles. The van der Waals surface area contributed by atoms with Gasteiger partial charge in [-0.05, 0) is 23.2 Å². The van der Waals surface area contributed by atoms with Crippen LogP contribution in [-0.4, -0.2) is 13.4 Å². The van der Waals surface area contributed by atoms with Crippen molar-refractivity contribution in [3.63, 3.8) is 0 Å². The zero-order valence-corrected chi connectivity index (χ0v) is 5.26. The van der Waals surface area contributed by atoms with Crippen molar-refractivity contribution in [1.82, 2.24) is 0 Å². The van der Waals surface area contributed by atoms with Gasteiger partial charge >= 0.3 is 0 Å². The Labute approximate surface area is 52.8 Å². The van der Waals surface area contributed by atoms with Crippen LogP contribution in [0.15, 0.2) is 4.40 Å². The summed E-state index contributed by atoms with van der Waals surface area (Å²) in [6.45, 7) is 0. The average molecular weight is 161 g/mol. The number of hydrogen-bond acceptors (Lipinski definition) is 2. The molecule has 0 N–H and O–H groups in total. The van der Waals surface area contributed by atoms with Crippen molar-refractivity contribution in [2.75, 3.05) is 0 Å². The minimum absolute atomic E-state index is 0.506. The van der Waals surface area contributed by atoms with Gasteiger partial charge in [-0.2, -0.15) is 4.40 Å². The Bertz CT molecular complexity index is 108. The van der Waals surface area contributed by atoms with Crippen molar-refractivity contribution >= 4 is 39.1 Å². The van der Waals surface area contributed by atoms with Gasteiger partial charge in [-0.1, -0.05) is 0 Å². The summed E-state index contributed by atoms with van der Waals surface area (Å²) in [6, 6.07) is 0. The van der Waals surface area contributed by atoms with E-state index in [9.17, 15) is 8.76 Å². The topological polar surface area (TPSA) is 52.5 Å². The Kier molecular flexibility index (Phi) is 3.55. The minimum Gasteiger partial charge on any atom is -0.754 e. The maximum absolute atomic E-state index is 9.45. The van der Waals surface area contributed by atoms with Crippen molar-refractivity contribution < 1.29 is 8.76 Å². The predicted molar refractivity (Wildman–Crippen MR) is 28.1 cm³/mol. The highest BCUT2D eigenvalue weighted by molar-refractivity contribution is 7.78. The molecule has 3 nitrogen and oxygen atoms in total. The third-order valence-corrected chi connectivity index (χ3v) is 0.845. The van der Waals surface area contributed by atoms with E-state index in [1.807, 2.05) is 0 Å². The second-order valence-electron chi connectivity index (χ2n) is 0.549. The first-order valence-electron chi connectivity index (χ1n) is 1.12. The molecule has 0 spiro atoms. The smallest absolute Gasteiger partial charge is 0.205 e. The molecule has 0 rings (SSSR count). The Morgan fingerprint density at radius 1 is 1.71 bits per heavy atom. The molecule has 42 valence electrons. The van der Waals surface area contributed by atoms with E-state index >= 15 is 0 Å². The van der Waals surface area contributed by atoms with Crippen LogP contribution in [0.4, 0.5) is 0 Å². The third kappa shape index (κ3) is 6.36. The first-order chi connectivity index (χ1) is 3.13. The molecule has 0 heterocycles. The lowest BCUT2D eigenvalue weighted by Gasteiger charge is -1.90. The maximum atomic E-state index is 9.45. The number of rotatable bonds is 1. The van der Waals surface area contributed by atoms with Crippen LogP contribution in [0.5, 0.6) is 0 Å². The first kappa shape index (κ1) is 7.36. The van der Waals surface area contributed by atoms with Crippen molar-refractivity contribution in [2.45, 2.75) is 0 Å². The number of nitrogens with zero attached hydrogens (tertiary/aromatic N) is 1. The summed E-state index contributed by atoms with van der Waals surface area (Å²) in [5.74, 6) is 0. The van der Waals surface area contributed by atoms with Crippen LogP contribution in [-0.2, 0) is 11.3 Å². The molecule has 0 aliphatic heterocycles. The van der Waals surface area contributed by atoms with E-state index in [0.29, 0.717) is 0 Å². The summed E-state index contributed by atoms with van der Waals surface area (Å²) in [6.07, 6.45) is 0. The zero-order chi connectivity index (χ0) is 5.86. The van der Waals surface area contributed by atoms with Crippen LogP contribution in [0.3, 0.4) is 0 Å². The van der Waals surface area contributed by atoms with Gasteiger partial charge in [-0.25, -0.2) is 0 Å². The van der Waals surface area contributed by atoms with Crippen molar-refractivity contribution in [3.05, 3.63) is 0 Å². The summed E-state index contributed by atoms with van der Waals surface area (Å²) in [7, 11) is 0. The highest BCUT2D eigenvalue weighted by Crippen LogP contribution is 1.91. The Morgan fingerprint density at radius 2 is 2.14 bits per heavy atom. The summed E-state index contributed by atoms with van der Waals surface area (Å²) in [4.78, 5) is 0. The van der Waals surface area contributed by atoms with E-state index in [1.165, 1.54) is 0 Å². The normalized spacial score (nSPS) is 13.0. The molecule has 0 fully saturated rings. The van der Waals surface area contributed by atoms with Crippen LogP contribution in [0.25, 0.3) is 0 Å². The van der Waals surface area contributed by atoms with Crippen molar-refractivity contribution in [1.29, 1.82) is 0 Å². The fourth-order valence-electron chi connectivity index (χ4n) is 0.0563. The van der Waals surface area contributed by atoms with Crippen molar-refractivity contribution in [3.8, 4) is 0 Å². The van der Waals surface area contributed by atoms with Gasteiger partial charge in [0.15, 0.2) is 0 Å². The lowest BCUT2D eigenvalue weighted by Crippen LogP contribution is -1.80. The predicted octanol–water partition coefficient (Wildman–Crippen LogP) is 0.614. The molecular weight excluding hydrogens is 161 g/mol. The number of hydrogen-bond donors (Lipinski definition) is 0. The van der Waals surface area contributed by atoms with Gasteiger partial charge in [-0.3, -0.25) is 4.21 Å². The molecule has 0 aromatic heterocycles. The van der Waals surface area contributed by atoms with Gasteiger partial charge in [0.1, 0.15) is 0 Å². The van der Waals surface area contributed by atoms with Gasteiger partial charge in [0.2, 0.25) is 4.63 Å². The molecular formula is CCl2NO2S-.